The molecule has 0 spiro atoms. The summed E-state index contributed by atoms with van der Waals surface area (Å²) in [7, 11) is 2.14. The molecule has 0 aliphatic carbocycles. The maximum atomic E-state index is 4.62. The Morgan fingerprint density at radius 2 is 2.11 bits per heavy atom. The van der Waals surface area contributed by atoms with Gasteiger partial charge in [-0.05, 0) is 44.0 Å². The molecule has 0 aromatic carbocycles. The average Bonchev–Trinajstić information content (AvgIpc) is 2.36. The van der Waals surface area contributed by atoms with Gasteiger partial charge in [-0.2, -0.15) is 0 Å². The second-order valence-electron chi connectivity index (χ2n) is 5.01. The maximum Gasteiger partial charge on any atom is 0.131 e. The highest BCUT2D eigenvalue weighted by Gasteiger charge is 2.12. The van der Waals surface area contributed by atoms with Crippen LogP contribution >= 0.6 is 0 Å². The van der Waals surface area contributed by atoms with Crippen LogP contribution in [0.25, 0.3) is 0 Å². The summed E-state index contributed by atoms with van der Waals surface area (Å²) in [4.78, 5) is 6.91. The lowest BCUT2D eigenvalue weighted by Crippen LogP contribution is -2.30. The molecule has 0 bridgehead atoms. The Morgan fingerprint density at radius 3 is 2.67 bits per heavy atom. The normalized spacial score (nSPS) is 12.5. The minimum absolute atomic E-state index is 0.542. The lowest BCUT2D eigenvalue weighted by atomic mass is 10.1. The van der Waals surface area contributed by atoms with Crippen LogP contribution in [0, 0.1) is 6.92 Å². The summed E-state index contributed by atoms with van der Waals surface area (Å²) < 4.78 is 0. The first-order valence-electron chi connectivity index (χ1n) is 6.99. The predicted molar refractivity (Wildman–Crippen MR) is 79.1 cm³/mol. The Bertz CT molecular complexity index is 363. The highest BCUT2D eigenvalue weighted by molar-refractivity contribution is 5.47. The van der Waals surface area contributed by atoms with Crippen LogP contribution in [0.4, 0.5) is 5.82 Å². The lowest BCUT2D eigenvalue weighted by Gasteiger charge is -2.27. The summed E-state index contributed by atoms with van der Waals surface area (Å²) in [5.74, 6) is 1.11. The zero-order valence-electron chi connectivity index (χ0n) is 12.5. The third kappa shape index (κ3) is 3.98. The van der Waals surface area contributed by atoms with Gasteiger partial charge in [0.05, 0.1) is 0 Å². The van der Waals surface area contributed by atoms with E-state index in [1.807, 2.05) is 6.20 Å². The summed E-state index contributed by atoms with van der Waals surface area (Å²) in [6, 6.07) is 2.78. The molecule has 1 heterocycles. The molecule has 0 amide bonds. The van der Waals surface area contributed by atoms with Gasteiger partial charge in [-0.3, -0.25) is 0 Å². The average molecular weight is 249 g/mol. The van der Waals surface area contributed by atoms with Gasteiger partial charge in [-0.15, -0.1) is 0 Å². The number of nitrogens with zero attached hydrogens (tertiary/aromatic N) is 2. The SMILES string of the molecule is CCCC(C)N(C)c1ncc(CNCC)cc1C. The van der Waals surface area contributed by atoms with Crippen LogP contribution in [-0.4, -0.2) is 24.6 Å². The van der Waals surface area contributed by atoms with Gasteiger partial charge < -0.3 is 10.2 Å². The molecule has 1 aromatic heterocycles. The second kappa shape index (κ2) is 7.37. The molecule has 1 N–H and O–H groups in total. The Hall–Kier alpha value is -1.09. The summed E-state index contributed by atoms with van der Waals surface area (Å²) in [5, 5.41) is 3.33. The Morgan fingerprint density at radius 1 is 1.39 bits per heavy atom. The predicted octanol–water partition coefficient (Wildman–Crippen LogP) is 3.12. The molecule has 0 aliphatic heterocycles. The molecule has 1 aromatic rings. The van der Waals surface area contributed by atoms with Crippen LogP contribution < -0.4 is 10.2 Å². The van der Waals surface area contributed by atoms with E-state index in [4.69, 9.17) is 0 Å². The van der Waals surface area contributed by atoms with Gasteiger partial charge in [0, 0.05) is 25.8 Å². The fourth-order valence-electron chi connectivity index (χ4n) is 2.18. The van der Waals surface area contributed by atoms with E-state index >= 15 is 0 Å². The standard InChI is InChI=1S/C15H27N3/c1-6-8-13(4)18(5)15-12(3)9-14(11-17-15)10-16-7-2/h9,11,13,16H,6-8,10H2,1-5H3. The van der Waals surface area contributed by atoms with Crippen molar-refractivity contribution in [3.05, 3.63) is 23.4 Å². The van der Waals surface area contributed by atoms with Crippen molar-refractivity contribution in [3.63, 3.8) is 0 Å². The number of anilines is 1. The maximum absolute atomic E-state index is 4.62. The summed E-state index contributed by atoms with van der Waals surface area (Å²) in [6.45, 7) is 10.6. The fraction of sp³-hybridized carbons (Fsp3) is 0.667. The van der Waals surface area contributed by atoms with Crippen LogP contribution in [0.15, 0.2) is 12.3 Å². The molecule has 0 fully saturated rings. The minimum atomic E-state index is 0.542. The first kappa shape index (κ1) is 15.0. The highest BCUT2D eigenvalue weighted by Crippen LogP contribution is 2.20. The first-order valence-corrected chi connectivity index (χ1v) is 6.99. The third-order valence-electron chi connectivity index (χ3n) is 3.39. The summed E-state index contributed by atoms with van der Waals surface area (Å²) >= 11 is 0. The number of rotatable bonds is 7. The van der Waals surface area contributed by atoms with Crippen molar-refractivity contribution in [1.82, 2.24) is 10.3 Å². The van der Waals surface area contributed by atoms with E-state index in [0.717, 1.165) is 18.9 Å². The van der Waals surface area contributed by atoms with Gasteiger partial charge in [0.15, 0.2) is 0 Å². The van der Waals surface area contributed by atoms with Crippen LogP contribution in [0.1, 0.15) is 44.7 Å². The van der Waals surface area contributed by atoms with Gasteiger partial charge in [0.25, 0.3) is 0 Å². The Labute approximate surface area is 112 Å². The molecular formula is C15H27N3. The van der Waals surface area contributed by atoms with Crippen molar-refractivity contribution in [1.29, 1.82) is 0 Å². The molecule has 3 nitrogen and oxygen atoms in total. The molecule has 3 heteroatoms. The van der Waals surface area contributed by atoms with E-state index in [2.05, 4.69) is 56.0 Å². The summed E-state index contributed by atoms with van der Waals surface area (Å²) in [6.07, 6.45) is 4.40. The molecule has 0 saturated heterocycles. The number of pyridine rings is 1. The van der Waals surface area contributed by atoms with Gasteiger partial charge in [0.2, 0.25) is 0 Å². The van der Waals surface area contributed by atoms with Crippen LogP contribution in [0.2, 0.25) is 0 Å². The summed E-state index contributed by atoms with van der Waals surface area (Å²) in [5.41, 5.74) is 2.52. The number of hydrogen-bond donors (Lipinski definition) is 1. The largest absolute Gasteiger partial charge is 0.357 e. The van der Waals surface area contributed by atoms with Gasteiger partial charge in [-0.1, -0.05) is 20.3 Å². The van der Waals surface area contributed by atoms with Gasteiger partial charge in [0.1, 0.15) is 5.82 Å². The lowest BCUT2D eigenvalue weighted by molar-refractivity contribution is 0.609. The van der Waals surface area contributed by atoms with E-state index in [9.17, 15) is 0 Å². The van der Waals surface area contributed by atoms with E-state index in [1.165, 1.54) is 24.0 Å². The van der Waals surface area contributed by atoms with Crippen molar-refractivity contribution < 1.29 is 0 Å². The molecule has 0 saturated carbocycles. The molecule has 18 heavy (non-hydrogen) atoms. The number of aromatic nitrogens is 1. The molecule has 1 unspecified atom stereocenters. The van der Waals surface area contributed by atoms with Crippen molar-refractivity contribution in [2.75, 3.05) is 18.5 Å². The molecule has 0 radical (unpaired) electrons. The topological polar surface area (TPSA) is 28.2 Å². The minimum Gasteiger partial charge on any atom is -0.357 e. The Balaban J connectivity index is 2.78. The zero-order chi connectivity index (χ0) is 13.5. The molecule has 1 rings (SSSR count). The first-order chi connectivity index (χ1) is 8.60. The Kier molecular flexibility index (Phi) is 6.13. The van der Waals surface area contributed by atoms with E-state index in [0.29, 0.717) is 6.04 Å². The zero-order valence-corrected chi connectivity index (χ0v) is 12.5. The van der Waals surface area contributed by atoms with Crippen LogP contribution in [0.3, 0.4) is 0 Å². The van der Waals surface area contributed by atoms with E-state index in [1.54, 1.807) is 0 Å². The van der Waals surface area contributed by atoms with E-state index in [-0.39, 0.29) is 0 Å². The smallest absolute Gasteiger partial charge is 0.131 e. The molecular weight excluding hydrogens is 222 g/mol. The monoisotopic (exact) mass is 249 g/mol. The number of hydrogen-bond acceptors (Lipinski definition) is 3. The van der Waals surface area contributed by atoms with Crippen molar-refractivity contribution >= 4 is 5.82 Å². The van der Waals surface area contributed by atoms with Crippen molar-refractivity contribution in [2.24, 2.45) is 0 Å². The number of nitrogens with one attached hydrogen (secondary N) is 1. The molecule has 102 valence electrons. The fourth-order valence-corrected chi connectivity index (χ4v) is 2.18. The highest BCUT2D eigenvalue weighted by atomic mass is 15.2. The van der Waals surface area contributed by atoms with Crippen molar-refractivity contribution in [3.8, 4) is 0 Å². The van der Waals surface area contributed by atoms with E-state index < -0.39 is 0 Å². The van der Waals surface area contributed by atoms with Gasteiger partial charge in [-0.25, -0.2) is 4.98 Å². The third-order valence-corrected chi connectivity index (χ3v) is 3.39. The quantitative estimate of drug-likeness (QED) is 0.804. The van der Waals surface area contributed by atoms with Crippen molar-refractivity contribution in [2.45, 2.75) is 53.1 Å². The van der Waals surface area contributed by atoms with Crippen LogP contribution in [-0.2, 0) is 6.54 Å². The van der Waals surface area contributed by atoms with Gasteiger partial charge >= 0.3 is 0 Å². The number of aryl methyl sites for hydroxylation is 1. The van der Waals surface area contributed by atoms with Crippen LogP contribution in [0.5, 0.6) is 0 Å². The molecule has 1 atom stereocenters. The molecule has 0 aliphatic rings. The second-order valence-corrected chi connectivity index (χ2v) is 5.01.